The van der Waals surface area contributed by atoms with Crippen molar-refractivity contribution in [3.05, 3.63) is 76.3 Å². The fourth-order valence-corrected chi connectivity index (χ4v) is 3.66. The monoisotopic (exact) mass is 409 g/mol. The molecule has 0 bridgehead atoms. The number of carbonyl (C=O) groups is 1. The average Bonchev–Trinajstić information content (AvgIpc) is 3.30. The van der Waals surface area contributed by atoms with Crippen LogP contribution >= 0.6 is 0 Å². The lowest BCUT2D eigenvalue weighted by atomic mass is 9.95. The highest BCUT2D eigenvalue weighted by molar-refractivity contribution is 5.96. The van der Waals surface area contributed by atoms with Gasteiger partial charge < -0.3 is 0 Å². The van der Waals surface area contributed by atoms with E-state index < -0.39 is 17.7 Å². The van der Waals surface area contributed by atoms with Gasteiger partial charge in [0.15, 0.2) is 0 Å². The second kappa shape index (κ2) is 6.96. The van der Waals surface area contributed by atoms with Gasteiger partial charge in [0.1, 0.15) is 23.0 Å². The number of carbonyl (C=O) groups excluding carboxylic acids is 1. The fraction of sp³-hybridized carbons (Fsp3) is 0.190. The Bertz CT molecular complexity index is 1270. The molecule has 0 N–H and O–H groups in total. The number of amides is 1. The van der Waals surface area contributed by atoms with E-state index >= 15 is 0 Å². The molecular formula is C21H14F3N5O. The van der Waals surface area contributed by atoms with Crippen LogP contribution in [0.4, 0.5) is 13.2 Å². The lowest BCUT2D eigenvalue weighted by Crippen LogP contribution is -2.30. The van der Waals surface area contributed by atoms with E-state index in [4.69, 9.17) is 0 Å². The number of halogens is 3. The highest BCUT2D eigenvalue weighted by Gasteiger charge is 2.33. The van der Waals surface area contributed by atoms with Crippen LogP contribution < -0.4 is 0 Å². The van der Waals surface area contributed by atoms with Crippen LogP contribution in [0, 0.1) is 17.5 Å². The number of hydrazone groups is 1. The summed E-state index contributed by atoms with van der Waals surface area (Å²) in [6, 6.07) is 6.85. The summed E-state index contributed by atoms with van der Waals surface area (Å²) in [5.41, 5.74) is 5.72. The van der Waals surface area contributed by atoms with Gasteiger partial charge in [-0.25, -0.2) is 22.9 Å². The molecule has 9 heteroatoms. The molecule has 1 aromatic heterocycles. The number of rotatable bonds is 4. The van der Waals surface area contributed by atoms with Crippen LogP contribution in [0.1, 0.15) is 24.4 Å². The Morgan fingerprint density at radius 1 is 1.10 bits per heavy atom. The molecule has 0 spiro atoms. The van der Waals surface area contributed by atoms with Gasteiger partial charge in [0, 0.05) is 31.2 Å². The van der Waals surface area contributed by atoms with E-state index in [-0.39, 0.29) is 11.7 Å². The Morgan fingerprint density at radius 2 is 1.87 bits per heavy atom. The molecule has 1 atom stereocenters. The van der Waals surface area contributed by atoms with E-state index in [0.29, 0.717) is 41.6 Å². The third kappa shape index (κ3) is 3.19. The van der Waals surface area contributed by atoms with Crippen LogP contribution in [0.5, 0.6) is 0 Å². The number of fused-ring (bicyclic) bond motifs is 1. The topological polar surface area (TPSA) is 63.4 Å². The molecule has 6 nitrogen and oxygen atoms in total. The molecular weight excluding hydrogens is 395 g/mol. The Labute approximate surface area is 168 Å². The molecule has 30 heavy (non-hydrogen) atoms. The molecule has 1 unspecified atom stereocenters. The minimum absolute atomic E-state index is 0.332. The van der Waals surface area contributed by atoms with Crippen molar-refractivity contribution in [1.29, 1.82) is 0 Å². The summed E-state index contributed by atoms with van der Waals surface area (Å²) >= 11 is 0. The molecule has 5 rings (SSSR count). The van der Waals surface area contributed by atoms with Crippen LogP contribution in [0.25, 0.3) is 11.0 Å². The quantitative estimate of drug-likeness (QED) is 0.618. The van der Waals surface area contributed by atoms with E-state index in [9.17, 15) is 18.0 Å². The van der Waals surface area contributed by atoms with Gasteiger partial charge in [-0.05, 0) is 35.4 Å². The number of hydrogen-bond acceptors (Lipinski definition) is 4. The first-order valence-electron chi connectivity index (χ1n) is 9.26. The SMILES string of the molecule is O=C(C1=C=C(Cn2nnc3ccc(F)cc32)C1)N1N=CCC1c1cc(F)cc(F)c1. The van der Waals surface area contributed by atoms with Crippen LogP contribution in [-0.2, 0) is 11.3 Å². The maximum absolute atomic E-state index is 13.6. The minimum Gasteiger partial charge on any atom is -0.267 e. The molecule has 1 aliphatic carbocycles. The highest BCUT2D eigenvalue weighted by atomic mass is 19.1. The first kappa shape index (κ1) is 18.3. The van der Waals surface area contributed by atoms with Gasteiger partial charge >= 0.3 is 0 Å². The zero-order valence-electron chi connectivity index (χ0n) is 15.5. The van der Waals surface area contributed by atoms with Gasteiger partial charge in [0.25, 0.3) is 5.91 Å². The van der Waals surface area contributed by atoms with Gasteiger partial charge in [-0.3, -0.25) is 4.79 Å². The van der Waals surface area contributed by atoms with Crippen molar-refractivity contribution in [2.24, 2.45) is 5.10 Å². The predicted molar refractivity (Wildman–Crippen MR) is 102 cm³/mol. The summed E-state index contributed by atoms with van der Waals surface area (Å²) in [6.07, 6.45) is 2.28. The molecule has 3 aromatic rings. The first-order valence-corrected chi connectivity index (χ1v) is 9.26. The molecule has 0 saturated carbocycles. The summed E-state index contributed by atoms with van der Waals surface area (Å²) in [4.78, 5) is 12.8. The van der Waals surface area contributed by atoms with Crippen molar-refractivity contribution in [2.45, 2.75) is 25.4 Å². The minimum atomic E-state index is -0.703. The van der Waals surface area contributed by atoms with Crippen molar-refractivity contribution in [3.63, 3.8) is 0 Å². The molecule has 2 heterocycles. The number of aromatic nitrogens is 3. The first-order chi connectivity index (χ1) is 14.5. The standard InChI is InChI=1S/C21H14F3N5O/c22-15-1-2-18-20(10-15)28(27-26-18)11-12-5-14(6-12)21(30)29-19(3-4-25-29)13-7-16(23)9-17(24)8-13/h1-2,4,7-10,19H,3,5,11H2. The van der Waals surface area contributed by atoms with Gasteiger partial charge in [-0.15, -0.1) is 10.8 Å². The molecule has 1 aliphatic heterocycles. The molecule has 0 fully saturated rings. The Hall–Kier alpha value is -3.71. The van der Waals surface area contributed by atoms with Crippen molar-refractivity contribution in [2.75, 3.05) is 0 Å². The van der Waals surface area contributed by atoms with E-state index in [2.05, 4.69) is 21.1 Å². The van der Waals surface area contributed by atoms with Gasteiger partial charge in [0.2, 0.25) is 0 Å². The number of benzene rings is 2. The van der Waals surface area contributed by atoms with Crippen LogP contribution in [0.3, 0.4) is 0 Å². The van der Waals surface area contributed by atoms with E-state index in [1.807, 2.05) is 0 Å². The van der Waals surface area contributed by atoms with Crippen molar-refractivity contribution < 1.29 is 18.0 Å². The summed E-state index contributed by atoms with van der Waals surface area (Å²) in [5.74, 6) is -2.15. The summed E-state index contributed by atoms with van der Waals surface area (Å²) in [7, 11) is 0. The van der Waals surface area contributed by atoms with Crippen molar-refractivity contribution >= 4 is 23.2 Å². The Kier molecular flexibility index (Phi) is 4.25. The second-order valence-electron chi connectivity index (χ2n) is 7.17. The van der Waals surface area contributed by atoms with Crippen LogP contribution in [0.2, 0.25) is 0 Å². The second-order valence-corrected chi connectivity index (χ2v) is 7.17. The molecule has 1 amide bonds. The van der Waals surface area contributed by atoms with Crippen LogP contribution in [-0.4, -0.2) is 32.1 Å². The average molecular weight is 409 g/mol. The van der Waals surface area contributed by atoms with Crippen molar-refractivity contribution in [1.82, 2.24) is 20.0 Å². The molecule has 150 valence electrons. The summed E-state index contributed by atoms with van der Waals surface area (Å²) in [5, 5.41) is 13.3. The van der Waals surface area contributed by atoms with Crippen LogP contribution in [0.15, 0.2) is 58.4 Å². The lowest BCUT2D eigenvalue weighted by Gasteiger charge is -2.25. The lowest BCUT2D eigenvalue weighted by molar-refractivity contribution is -0.129. The summed E-state index contributed by atoms with van der Waals surface area (Å²) in [6.45, 7) is 0.332. The van der Waals surface area contributed by atoms with E-state index in [1.54, 1.807) is 17.0 Å². The van der Waals surface area contributed by atoms with Gasteiger partial charge in [0.05, 0.1) is 23.7 Å². The third-order valence-corrected chi connectivity index (χ3v) is 5.10. The Morgan fingerprint density at radius 3 is 2.63 bits per heavy atom. The van der Waals surface area contributed by atoms with E-state index in [1.165, 1.54) is 29.3 Å². The maximum Gasteiger partial charge on any atom is 0.278 e. The molecule has 2 aromatic carbocycles. The predicted octanol–water partition coefficient (Wildman–Crippen LogP) is 3.66. The normalized spacial score (nSPS) is 17.8. The van der Waals surface area contributed by atoms with Gasteiger partial charge in [-0.1, -0.05) is 5.21 Å². The van der Waals surface area contributed by atoms with E-state index in [0.717, 1.165) is 11.6 Å². The third-order valence-electron chi connectivity index (χ3n) is 5.10. The largest absolute Gasteiger partial charge is 0.278 e. The molecule has 0 saturated heterocycles. The number of nitrogens with zero attached hydrogens (tertiary/aromatic N) is 5. The zero-order valence-corrected chi connectivity index (χ0v) is 15.5. The molecule has 0 radical (unpaired) electrons. The molecule has 2 aliphatic rings. The maximum atomic E-state index is 13.6. The highest BCUT2D eigenvalue weighted by Crippen LogP contribution is 2.33. The summed E-state index contributed by atoms with van der Waals surface area (Å²) < 4.78 is 42.2. The Balaban J connectivity index is 1.37. The fourth-order valence-electron chi connectivity index (χ4n) is 3.66. The smallest absolute Gasteiger partial charge is 0.267 e. The number of hydrogen-bond donors (Lipinski definition) is 0. The zero-order chi connectivity index (χ0) is 20.8. The van der Waals surface area contributed by atoms with Gasteiger partial charge in [-0.2, -0.15) is 5.10 Å². The van der Waals surface area contributed by atoms with Crippen molar-refractivity contribution in [3.8, 4) is 0 Å².